The first-order valence-electron chi connectivity index (χ1n) is 3.64. The van der Waals surface area contributed by atoms with Gasteiger partial charge in [-0.1, -0.05) is 35.9 Å². The van der Waals surface area contributed by atoms with Gasteiger partial charge in [0.15, 0.2) is 0 Å². The molecule has 2 atom stereocenters. The summed E-state index contributed by atoms with van der Waals surface area (Å²) in [6.07, 6.45) is 0. The molecule has 0 spiro atoms. The van der Waals surface area contributed by atoms with Crippen LogP contribution in [0, 0.1) is 6.92 Å². The van der Waals surface area contributed by atoms with Crippen LogP contribution in [0.3, 0.4) is 0 Å². The van der Waals surface area contributed by atoms with Crippen LogP contribution in [0.25, 0.3) is 0 Å². The topological polar surface area (TPSA) is 89.5 Å². The van der Waals surface area contributed by atoms with E-state index in [4.69, 9.17) is 0 Å². The molecule has 1 aromatic carbocycles. The van der Waals surface area contributed by atoms with Gasteiger partial charge in [-0.3, -0.25) is 4.31 Å². The Morgan fingerprint density at radius 2 is 1.47 bits per heavy atom. The SMILES string of the molecule is Cc1ccccc1.O=[PH]([O-])O[PH](=O)[O-].[Ag+2]. The van der Waals surface area contributed by atoms with Gasteiger partial charge < -0.3 is 18.9 Å². The first-order valence-corrected chi connectivity index (χ1v) is 6.08. The average molecular weight is 344 g/mol. The Hall–Kier alpha value is 0.300. The third-order valence-corrected chi connectivity index (χ3v) is 2.44. The van der Waals surface area contributed by atoms with E-state index in [2.05, 4.69) is 23.4 Å². The van der Waals surface area contributed by atoms with Crippen LogP contribution in [0.15, 0.2) is 30.3 Å². The Labute approximate surface area is 105 Å². The second kappa shape index (κ2) is 10.8. The van der Waals surface area contributed by atoms with Gasteiger partial charge in [-0.05, 0) is 6.92 Å². The first-order chi connectivity index (χ1) is 6.52. The molecule has 1 radical (unpaired) electrons. The van der Waals surface area contributed by atoms with Gasteiger partial charge >= 0.3 is 22.4 Å². The van der Waals surface area contributed by atoms with Crippen LogP contribution >= 0.6 is 16.5 Å². The number of rotatable bonds is 2. The predicted octanol–water partition coefficient (Wildman–Crippen LogP) is 0.496. The summed E-state index contributed by atoms with van der Waals surface area (Å²) in [6, 6.07) is 10.3. The Balaban J connectivity index is 0. The molecule has 0 fully saturated rings. The summed E-state index contributed by atoms with van der Waals surface area (Å²) < 4.78 is 21.8. The number of benzene rings is 1. The van der Waals surface area contributed by atoms with Crippen molar-refractivity contribution in [1.29, 1.82) is 0 Å². The maximum atomic E-state index is 9.29. The fourth-order valence-electron chi connectivity index (χ4n) is 0.602. The fourth-order valence-corrected chi connectivity index (χ4v) is 1.15. The van der Waals surface area contributed by atoms with Crippen molar-refractivity contribution < 1.29 is 45.6 Å². The van der Waals surface area contributed by atoms with Gasteiger partial charge in [0.1, 0.15) is 16.5 Å². The third kappa shape index (κ3) is 14.3. The van der Waals surface area contributed by atoms with Crippen molar-refractivity contribution in [1.82, 2.24) is 0 Å². The van der Waals surface area contributed by atoms with Gasteiger partial charge in [0.2, 0.25) is 0 Å². The monoisotopic (exact) mass is 343 g/mol. The second-order valence-corrected chi connectivity index (χ2v) is 4.07. The minimum Gasteiger partial charge on any atom is -0.781 e. The Kier molecular flexibility index (Phi) is 12.7. The maximum absolute atomic E-state index is 9.29. The molecule has 1 aromatic rings. The van der Waals surface area contributed by atoms with Crippen molar-refractivity contribution in [3.8, 4) is 0 Å². The molecule has 0 amide bonds. The van der Waals surface area contributed by atoms with Crippen molar-refractivity contribution in [2.24, 2.45) is 0 Å². The molecule has 5 nitrogen and oxygen atoms in total. The molecule has 15 heavy (non-hydrogen) atoms. The van der Waals surface area contributed by atoms with E-state index in [1.165, 1.54) is 5.56 Å². The normalized spacial score (nSPS) is 12.7. The number of aryl methyl sites for hydroxylation is 1. The predicted molar refractivity (Wildman–Crippen MR) is 50.3 cm³/mol. The van der Waals surface area contributed by atoms with Gasteiger partial charge in [-0.15, -0.1) is 0 Å². The van der Waals surface area contributed by atoms with Crippen LogP contribution in [0.5, 0.6) is 0 Å². The van der Waals surface area contributed by atoms with Crippen molar-refractivity contribution in [3.63, 3.8) is 0 Å². The van der Waals surface area contributed by atoms with Gasteiger partial charge in [0, 0.05) is 0 Å². The maximum Gasteiger partial charge on any atom is 2.00 e. The number of hydrogen-bond donors (Lipinski definition) is 0. The van der Waals surface area contributed by atoms with E-state index in [-0.39, 0.29) is 22.4 Å². The summed E-state index contributed by atoms with van der Waals surface area (Å²) in [4.78, 5) is 18.6. The molecule has 0 aliphatic carbocycles. The zero-order valence-electron chi connectivity index (χ0n) is 7.73. The zero-order valence-corrected chi connectivity index (χ0v) is 11.2. The molecule has 0 saturated carbocycles. The van der Waals surface area contributed by atoms with Crippen LogP contribution in [0.2, 0.25) is 0 Å². The van der Waals surface area contributed by atoms with Crippen molar-refractivity contribution >= 4 is 16.5 Å². The van der Waals surface area contributed by atoms with Crippen LogP contribution < -0.4 is 9.79 Å². The minimum atomic E-state index is -3.51. The van der Waals surface area contributed by atoms with Gasteiger partial charge in [-0.25, -0.2) is 0 Å². The summed E-state index contributed by atoms with van der Waals surface area (Å²) in [5.41, 5.74) is 1.32. The third-order valence-electron chi connectivity index (χ3n) is 1.11. The standard InChI is InChI=1S/C7H8.Ag.H4O5P2/c1-7-5-3-2-4-6-7;;1-6(2)5-7(3)4/h2-6H,1H3;;6-7H,(H,1,2)(H,3,4)/q;+2;/p-2. The first kappa shape index (κ1) is 17.7. The quantitative estimate of drug-likeness (QED) is 0.576. The van der Waals surface area contributed by atoms with Crippen molar-refractivity contribution in [2.45, 2.75) is 6.92 Å². The Bertz CT molecular complexity index is 294. The summed E-state index contributed by atoms with van der Waals surface area (Å²) in [5.74, 6) is 0. The molecule has 1 rings (SSSR count). The average Bonchev–Trinajstić information content (AvgIpc) is 2.03. The Morgan fingerprint density at radius 3 is 1.60 bits per heavy atom. The molecule has 0 saturated heterocycles. The largest absolute Gasteiger partial charge is 2.00 e. The minimum absolute atomic E-state index is 0. The molecular weight excluding hydrogens is 334 g/mol. The molecule has 89 valence electrons. The van der Waals surface area contributed by atoms with E-state index in [1.807, 2.05) is 18.2 Å². The van der Waals surface area contributed by atoms with Crippen LogP contribution in [0.4, 0.5) is 0 Å². The summed E-state index contributed by atoms with van der Waals surface area (Å²) >= 11 is 0. The summed E-state index contributed by atoms with van der Waals surface area (Å²) in [7, 11) is -7.03. The molecule has 0 heterocycles. The van der Waals surface area contributed by atoms with E-state index in [0.717, 1.165) is 0 Å². The van der Waals surface area contributed by atoms with Crippen LogP contribution in [-0.2, 0) is 35.8 Å². The molecule has 0 aromatic heterocycles. The smallest absolute Gasteiger partial charge is 0.781 e. The van der Waals surface area contributed by atoms with Gasteiger partial charge in [-0.2, -0.15) is 0 Å². The van der Waals surface area contributed by atoms with E-state index >= 15 is 0 Å². The van der Waals surface area contributed by atoms with Crippen molar-refractivity contribution in [2.75, 3.05) is 0 Å². The summed E-state index contributed by atoms with van der Waals surface area (Å²) in [5, 5.41) is 0. The van der Waals surface area contributed by atoms with Crippen molar-refractivity contribution in [3.05, 3.63) is 35.9 Å². The van der Waals surface area contributed by atoms with E-state index in [9.17, 15) is 18.9 Å². The fraction of sp³-hybridized carbons (Fsp3) is 0.143. The molecule has 8 heteroatoms. The Morgan fingerprint density at radius 1 is 1.07 bits per heavy atom. The molecular formula is C7H10AgO5P2. The van der Waals surface area contributed by atoms with E-state index in [0.29, 0.717) is 0 Å². The molecule has 0 aliphatic rings. The molecule has 0 N–H and O–H groups in total. The van der Waals surface area contributed by atoms with E-state index in [1.54, 1.807) is 0 Å². The van der Waals surface area contributed by atoms with Crippen LogP contribution in [-0.4, -0.2) is 0 Å². The van der Waals surface area contributed by atoms with E-state index < -0.39 is 16.5 Å². The second-order valence-electron chi connectivity index (χ2n) is 2.26. The number of hydrogen-bond acceptors (Lipinski definition) is 5. The van der Waals surface area contributed by atoms with Crippen LogP contribution in [0.1, 0.15) is 5.56 Å². The molecule has 2 unspecified atom stereocenters. The molecule has 0 bridgehead atoms. The zero-order chi connectivity index (χ0) is 11.0. The van der Waals surface area contributed by atoms with Gasteiger partial charge in [0.25, 0.3) is 0 Å². The molecule has 0 aliphatic heterocycles. The van der Waals surface area contributed by atoms with Gasteiger partial charge in [0.05, 0.1) is 0 Å². The summed E-state index contributed by atoms with van der Waals surface area (Å²) in [6.45, 7) is 2.08.